The smallest absolute Gasteiger partial charge is 0.220 e. The van der Waals surface area contributed by atoms with Gasteiger partial charge in [0, 0.05) is 5.92 Å². The van der Waals surface area contributed by atoms with Crippen LogP contribution in [-0.2, 0) is 4.79 Å². The van der Waals surface area contributed by atoms with E-state index in [1.54, 1.807) is 0 Å². The zero-order valence-corrected chi connectivity index (χ0v) is 9.91. The van der Waals surface area contributed by atoms with Crippen LogP contribution in [0.1, 0.15) is 45.4 Å². The molecule has 1 amide bonds. The second-order valence-electron chi connectivity index (χ2n) is 6.67. The SMILES string of the molecule is CC(C(N)=O)C12CC3CC(CC(O)(C3)C1)C2. The largest absolute Gasteiger partial charge is 0.390 e. The van der Waals surface area contributed by atoms with Crippen LogP contribution in [0.3, 0.4) is 0 Å². The Kier molecular flexibility index (Phi) is 1.99. The molecule has 4 aliphatic carbocycles. The minimum absolute atomic E-state index is 0.0185. The number of carbonyl (C=O) groups is 1. The van der Waals surface area contributed by atoms with Gasteiger partial charge < -0.3 is 10.8 Å². The van der Waals surface area contributed by atoms with Crippen molar-refractivity contribution in [3.63, 3.8) is 0 Å². The molecule has 0 heterocycles. The fourth-order valence-corrected chi connectivity index (χ4v) is 5.09. The van der Waals surface area contributed by atoms with Gasteiger partial charge >= 0.3 is 0 Å². The minimum atomic E-state index is -0.478. The van der Waals surface area contributed by atoms with Gasteiger partial charge in [0.25, 0.3) is 0 Å². The molecule has 4 aliphatic rings. The van der Waals surface area contributed by atoms with Crippen molar-refractivity contribution in [3.05, 3.63) is 0 Å². The number of nitrogens with two attached hydrogens (primary N) is 1. The number of hydrogen-bond donors (Lipinski definition) is 2. The maximum absolute atomic E-state index is 11.5. The third-order valence-electron chi connectivity index (χ3n) is 5.42. The van der Waals surface area contributed by atoms with Crippen LogP contribution in [-0.4, -0.2) is 16.6 Å². The maximum atomic E-state index is 11.5. The quantitative estimate of drug-likeness (QED) is 0.744. The normalized spacial score (nSPS) is 51.6. The lowest BCUT2D eigenvalue weighted by atomic mass is 9.45. The van der Waals surface area contributed by atoms with Gasteiger partial charge in [0.1, 0.15) is 0 Å². The van der Waals surface area contributed by atoms with E-state index < -0.39 is 5.60 Å². The van der Waals surface area contributed by atoms with Crippen molar-refractivity contribution >= 4 is 5.91 Å². The van der Waals surface area contributed by atoms with Crippen molar-refractivity contribution < 1.29 is 9.90 Å². The first kappa shape index (κ1) is 10.6. The van der Waals surface area contributed by atoms with Crippen molar-refractivity contribution in [2.24, 2.45) is 28.9 Å². The van der Waals surface area contributed by atoms with E-state index in [0.29, 0.717) is 11.8 Å². The summed E-state index contributed by atoms with van der Waals surface area (Å²) in [6.07, 6.45) is 6.19. The molecule has 3 heteroatoms. The summed E-state index contributed by atoms with van der Waals surface area (Å²) < 4.78 is 0. The summed E-state index contributed by atoms with van der Waals surface area (Å²) in [6.45, 7) is 1.96. The van der Waals surface area contributed by atoms with E-state index in [9.17, 15) is 9.90 Å². The van der Waals surface area contributed by atoms with Gasteiger partial charge in [-0.15, -0.1) is 0 Å². The summed E-state index contributed by atoms with van der Waals surface area (Å²) in [6, 6.07) is 0. The number of hydrogen-bond acceptors (Lipinski definition) is 2. The molecular weight excluding hydrogens is 202 g/mol. The highest BCUT2D eigenvalue weighted by Gasteiger charge is 2.59. The fourth-order valence-electron chi connectivity index (χ4n) is 5.09. The predicted molar refractivity (Wildman–Crippen MR) is 60.4 cm³/mol. The van der Waals surface area contributed by atoms with E-state index in [0.717, 1.165) is 32.1 Å². The molecule has 3 nitrogen and oxygen atoms in total. The Morgan fingerprint density at radius 3 is 2.31 bits per heavy atom. The first-order valence-corrected chi connectivity index (χ1v) is 6.44. The molecule has 4 fully saturated rings. The molecule has 4 rings (SSSR count). The lowest BCUT2D eigenvalue weighted by Crippen LogP contribution is -2.59. The molecule has 3 unspecified atom stereocenters. The zero-order valence-electron chi connectivity index (χ0n) is 9.91. The summed E-state index contributed by atoms with van der Waals surface area (Å²) in [5.74, 6) is 0.997. The number of rotatable bonds is 2. The van der Waals surface area contributed by atoms with Gasteiger partial charge in [-0.1, -0.05) is 6.92 Å². The topological polar surface area (TPSA) is 63.3 Å². The van der Waals surface area contributed by atoms with Crippen LogP contribution in [0.2, 0.25) is 0 Å². The molecule has 0 aromatic carbocycles. The average Bonchev–Trinajstić information content (AvgIpc) is 2.12. The molecule has 0 aromatic heterocycles. The summed E-state index contributed by atoms with van der Waals surface area (Å²) in [5.41, 5.74) is 5.02. The van der Waals surface area contributed by atoms with E-state index >= 15 is 0 Å². The molecule has 3 N–H and O–H groups in total. The molecule has 0 saturated heterocycles. The Hall–Kier alpha value is -0.570. The van der Waals surface area contributed by atoms with Gasteiger partial charge in [-0.25, -0.2) is 0 Å². The molecule has 16 heavy (non-hydrogen) atoms. The minimum Gasteiger partial charge on any atom is -0.390 e. The third-order valence-corrected chi connectivity index (χ3v) is 5.42. The second kappa shape index (κ2) is 3.00. The first-order valence-electron chi connectivity index (χ1n) is 6.44. The van der Waals surface area contributed by atoms with Gasteiger partial charge in [0.2, 0.25) is 5.91 Å². The van der Waals surface area contributed by atoms with Crippen molar-refractivity contribution in [1.29, 1.82) is 0 Å². The van der Waals surface area contributed by atoms with Crippen LogP contribution < -0.4 is 5.73 Å². The Morgan fingerprint density at radius 2 is 1.88 bits per heavy atom. The molecule has 4 bridgehead atoms. The van der Waals surface area contributed by atoms with Gasteiger partial charge in [-0.2, -0.15) is 0 Å². The monoisotopic (exact) mass is 223 g/mol. The average molecular weight is 223 g/mol. The number of primary amides is 1. The molecule has 0 spiro atoms. The molecule has 3 atom stereocenters. The Bertz CT molecular complexity index is 325. The second-order valence-corrected chi connectivity index (χ2v) is 6.67. The van der Waals surface area contributed by atoms with E-state index in [1.165, 1.54) is 6.42 Å². The Labute approximate surface area is 96.4 Å². The molecule has 4 saturated carbocycles. The molecule has 0 aromatic rings. The maximum Gasteiger partial charge on any atom is 0.220 e. The van der Waals surface area contributed by atoms with E-state index in [2.05, 4.69) is 0 Å². The third kappa shape index (κ3) is 1.33. The van der Waals surface area contributed by atoms with Crippen LogP contribution in [0.25, 0.3) is 0 Å². The zero-order chi connectivity index (χ0) is 11.6. The lowest BCUT2D eigenvalue weighted by molar-refractivity contribution is -0.181. The summed E-state index contributed by atoms with van der Waals surface area (Å²) in [7, 11) is 0. The number of aliphatic hydroxyl groups is 1. The van der Waals surface area contributed by atoms with Crippen LogP contribution >= 0.6 is 0 Å². The van der Waals surface area contributed by atoms with Crippen LogP contribution in [0.5, 0.6) is 0 Å². The number of amides is 1. The van der Waals surface area contributed by atoms with Crippen molar-refractivity contribution in [2.75, 3.05) is 0 Å². The van der Waals surface area contributed by atoms with Gasteiger partial charge in [-0.3, -0.25) is 4.79 Å². The summed E-state index contributed by atoms with van der Waals surface area (Å²) >= 11 is 0. The van der Waals surface area contributed by atoms with Crippen molar-refractivity contribution in [1.82, 2.24) is 0 Å². The van der Waals surface area contributed by atoms with E-state index in [4.69, 9.17) is 5.73 Å². The molecule has 0 aliphatic heterocycles. The van der Waals surface area contributed by atoms with E-state index in [-0.39, 0.29) is 17.2 Å². The highest BCUT2D eigenvalue weighted by Crippen LogP contribution is 2.63. The molecular formula is C13H21NO2. The first-order chi connectivity index (χ1) is 7.42. The fraction of sp³-hybridized carbons (Fsp3) is 0.923. The Balaban J connectivity index is 1.94. The van der Waals surface area contributed by atoms with Crippen LogP contribution in [0.15, 0.2) is 0 Å². The predicted octanol–water partition coefficient (Wildman–Crippen LogP) is 1.44. The standard InChI is InChI=1S/C13H21NO2/c1-8(11(14)15)12-3-9-2-10(4-12)6-13(16,5-9)7-12/h8-10,16H,2-7H2,1H3,(H2,14,15). The highest BCUT2D eigenvalue weighted by atomic mass is 16.3. The number of carbonyl (C=O) groups excluding carboxylic acids is 1. The van der Waals surface area contributed by atoms with Crippen molar-refractivity contribution in [3.8, 4) is 0 Å². The van der Waals surface area contributed by atoms with Gasteiger partial charge in [0.05, 0.1) is 5.60 Å². The van der Waals surface area contributed by atoms with E-state index in [1.807, 2.05) is 6.92 Å². The summed E-state index contributed by atoms with van der Waals surface area (Å²) in [5, 5.41) is 10.5. The Morgan fingerprint density at radius 1 is 1.31 bits per heavy atom. The van der Waals surface area contributed by atoms with Crippen LogP contribution in [0, 0.1) is 23.2 Å². The van der Waals surface area contributed by atoms with Crippen molar-refractivity contribution in [2.45, 2.75) is 51.0 Å². The van der Waals surface area contributed by atoms with Gasteiger partial charge in [0.15, 0.2) is 0 Å². The molecule has 0 radical (unpaired) electrons. The van der Waals surface area contributed by atoms with Gasteiger partial charge in [-0.05, 0) is 55.8 Å². The molecule has 90 valence electrons. The van der Waals surface area contributed by atoms with Crippen LogP contribution in [0.4, 0.5) is 0 Å². The lowest BCUT2D eigenvalue weighted by Gasteiger charge is -2.61. The summed E-state index contributed by atoms with van der Waals surface area (Å²) in [4.78, 5) is 11.5. The highest BCUT2D eigenvalue weighted by molar-refractivity contribution is 5.77.